The molecule has 0 aliphatic carbocycles. The number of benzene rings is 1. The van der Waals surface area contributed by atoms with E-state index in [0.29, 0.717) is 0 Å². The fourth-order valence-corrected chi connectivity index (χ4v) is 1.75. The molecule has 0 amide bonds. The molecule has 1 aliphatic rings. The SMILES string of the molecule is C1CCCCOCCC1.Cc1ccccc1. The second kappa shape index (κ2) is 9.41. The highest BCUT2D eigenvalue weighted by atomic mass is 16.5. The molecule has 1 aromatic rings. The molecule has 0 N–H and O–H groups in total. The maximum atomic E-state index is 5.35. The largest absolute Gasteiger partial charge is 0.381 e. The van der Waals surface area contributed by atoms with Crippen molar-refractivity contribution >= 4 is 0 Å². The summed E-state index contributed by atoms with van der Waals surface area (Å²) in [6.07, 6.45) is 8.15. The summed E-state index contributed by atoms with van der Waals surface area (Å²) < 4.78 is 5.35. The Balaban J connectivity index is 0.000000165. The van der Waals surface area contributed by atoms with Gasteiger partial charge in [-0.3, -0.25) is 0 Å². The zero-order valence-electron chi connectivity index (χ0n) is 10.5. The number of hydrogen-bond acceptors (Lipinski definition) is 1. The Labute approximate surface area is 99.8 Å². The van der Waals surface area contributed by atoms with Gasteiger partial charge in [0, 0.05) is 13.2 Å². The van der Waals surface area contributed by atoms with E-state index in [1.807, 2.05) is 18.2 Å². The summed E-state index contributed by atoms with van der Waals surface area (Å²) >= 11 is 0. The quantitative estimate of drug-likeness (QED) is 0.631. The molecule has 1 saturated heterocycles. The van der Waals surface area contributed by atoms with Crippen LogP contribution in [0.2, 0.25) is 0 Å². The third kappa shape index (κ3) is 7.47. The standard InChI is InChI=1S/C8H16O.C7H8/c1-2-4-6-8-9-7-5-3-1;1-7-5-3-2-4-6-7/h1-8H2;2-6H,1H3. The van der Waals surface area contributed by atoms with E-state index < -0.39 is 0 Å². The Morgan fingerprint density at radius 3 is 1.69 bits per heavy atom. The van der Waals surface area contributed by atoms with Crippen molar-refractivity contribution < 1.29 is 4.74 Å². The van der Waals surface area contributed by atoms with Crippen LogP contribution in [0.1, 0.15) is 44.1 Å². The van der Waals surface area contributed by atoms with E-state index in [4.69, 9.17) is 4.74 Å². The minimum atomic E-state index is 1.00. The van der Waals surface area contributed by atoms with Crippen molar-refractivity contribution in [3.8, 4) is 0 Å². The summed E-state index contributed by atoms with van der Waals surface area (Å²) in [4.78, 5) is 0. The second-order valence-corrected chi connectivity index (χ2v) is 4.39. The Kier molecular flexibility index (Phi) is 7.79. The van der Waals surface area contributed by atoms with E-state index in [2.05, 4.69) is 19.1 Å². The molecule has 2 rings (SSSR count). The van der Waals surface area contributed by atoms with Gasteiger partial charge in [-0.1, -0.05) is 61.6 Å². The lowest BCUT2D eigenvalue weighted by atomic mass is 10.1. The first kappa shape index (κ1) is 13.2. The summed E-state index contributed by atoms with van der Waals surface area (Å²) in [6, 6.07) is 10.3. The first-order valence-electron chi connectivity index (χ1n) is 6.49. The van der Waals surface area contributed by atoms with Crippen LogP contribution in [0.4, 0.5) is 0 Å². The van der Waals surface area contributed by atoms with Gasteiger partial charge in [-0.2, -0.15) is 0 Å². The summed E-state index contributed by atoms with van der Waals surface area (Å²) in [5.41, 5.74) is 1.32. The predicted molar refractivity (Wildman–Crippen MR) is 69.7 cm³/mol. The Bertz CT molecular complexity index is 214. The van der Waals surface area contributed by atoms with E-state index in [-0.39, 0.29) is 0 Å². The Morgan fingerprint density at radius 2 is 1.25 bits per heavy atom. The molecule has 0 bridgehead atoms. The van der Waals surface area contributed by atoms with E-state index in [0.717, 1.165) is 13.2 Å². The number of aryl methyl sites for hydroxylation is 1. The molecule has 1 aromatic carbocycles. The van der Waals surface area contributed by atoms with Gasteiger partial charge >= 0.3 is 0 Å². The van der Waals surface area contributed by atoms with Crippen molar-refractivity contribution in [2.24, 2.45) is 0 Å². The van der Waals surface area contributed by atoms with Crippen LogP contribution < -0.4 is 0 Å². The van der Waals surface area contributed by atoms with Crippen LogP contribution in [0.3, 0.4) is 0 Å². The van der Waals surface area contributed by atoms with Crippen LogP contribution in [-0.4, -0.2) is 13.2 Å². The van der Waals surface area contributed by atoms with E-state index in [1.165, 1.54) is 44.1 Å². The van der Waals surface area contributed by atoms with Crippen molar-refractivity contribution in [2.75, 3.05) is 13.2 Å². The van der Waals surface area contributed by atoms with Crippen LogP contribution in [-0.2, 0) is 4.74 Å². The van der Waals surface area contributed by atoms with Crippen LogP contribution in [0.5, 0.6) is 0 Å². The maximum absolute atomic E-state index is 5.35. The van der Waals surface area contributed by atoms with Crippen molar-refractivity contribution in [2.45, 2.75) is 45.4 Å². The molecular formula is C15H24O. The molecule has 90 valence electrons. The first-order valence-corrected chi connectivity index (χ1v) is 6.49. The molecule has 16 heavy (non-hydrogen) atoms. The molecule has 0 saturated carbocycles. The monoisotopic (exact) mass is 220 g/mol. The van der Waals surface area contributed by atoms with Crippen LogP contribution in [0, 0.1) is 6.92 Å². The van der Waals surface area contributed by atoms with Crippen LogP contribution in [0.15, 0.2) is 30.3 Å². The average Bonchev–Trinajstić information content (AvgIpc) is 2.46. The zero-order chi connectivity index (χ0) is 11.5. The van der Waals surface area contributed by atoms with E-state index in [9.17, 15) is 0 Å². The van der Waals surface area contributed by atoms with Crippen molar-refractivity contribution in [3.05, 3.63) is 35.9 Å². The van der Waals surface area contributed by atoms with E-state index >= 15 is 0 Å². The molecule has 0 atom stereocenters. The van der Waals surface area contributed by atoms with Crippen molar-refractivity contribution in [1.82, 2.24) is 0 Å². The predicted octanol–water partition coefficient (Wildman–Crippen LogP) is 4.35. The van der Waals surface area contributed by atoms with Crippen molar-refractivity contribution in [3.63, 3.8) is 0 Å². The smallest absolute Gasteiger partial charge is 0.0466 e. The highest BCUT2D eigenvalue weighted by molar-refractivity contribution is 5.11. The molecule has 1 heteroatoms. The Hall–Kier alpha value is -0.820. The number of hydrogen-bond donors (Lipinski definition) is 0. The number of rotatable bonds is 0. The lowest BCUT2D eigenvalue weighted by Gasteiger charge is -1.97. The molecular weight excluding hydrogens is 196 g/mol. The Morgan fingerprint density at radius 1 is 0.750 bits per heavy atom. The van der Waals surface area contributed by atoms with Gasteiger partial charge in [0.15, 0.2) is 0 Å². The van der Waals surface area contributed by atoms with Crippen LogP contribution >= 0.6 is 0 Å². The van der Waals surface area contributed by atoms with Gasteiger partial charge in [-0.25, -0.2) is 0 Å². The third-order valence-electron chi connectivity index (χ3n) is 2.77. The number of ether oxygens (including phenoxy) is 1. The highest BCUT2D eigenvalue weighted by Gasteiger charge is 1.95. The van der Waals surface area contributed by atoms with Crippen molar-refractivity contribution in [1.29, 1.82) is 0 Å². The van der Waals surface area contributed by atoms with Gasteiger partial charge in [0.25, 0.3) is 0 Å². The van der Waals surface area contributed by atoms with Gasteiger partial charge in [0.05, 0.1) is 0 Å². The van der Waals surface area contributed by atoms with Crippen LogP contribution in [0.25, 0.3) is 0 Å². The summed E-state index contributed by atoms with van der Waals surface area (Å²) in [6.45, 7) is 4.08. The third-order valence-corrected chi connectivity index (χ3v) is 2.77. The molecule has 0 radical (unpaired) electrons. The average molecular weight is 220 g/mol. The first-order chi connectivity index (χ1) is 7.89. The minimum absolute atomic E-state index is 1.00. The fraction of sp³-hybridized carbons (Fsp3) is 0.600. The zero-order valence-corrected chi connectivity index (χ0v) is 10.5. The molecule has 1 fully saturated rings. The fourth-order valence-electron chi connectivity index (χ4n) is 1.75. The van der Waals surface area contributed by atoms with Gasteiger partial charge in [0.1, 0.15) is 0 Å². The molecule has 0 unspecified atom stereocenters. The van der Waals surface area contributed by atoms with E-state index in [1.54, 1.807) is 0 Å². The summed E-state index contributed by atoms with van der Waals surface area (Å²) in [5, 5.41) is 0. The summed E-state index contributed by atoms with van der Waals surface area (Å²) in [5.74, 6) is 0. The van der Waals surface area contributed by atoms with Gasteiger partial charge in [-0.15, -0.1) is 0 Å². The summed E-state index contributed by atoms with van der Waals surface area (Å²) in [7, 11) is 0. The van der Waals surface area contributed by atoms with Gasteiger partial charge in [0.2, 0.25) is 0 Å². The molecule has 0 aromatic heterocycles. The molecule has 0 spiro atoms. The second-order valence-electron chi connectivity index (χ2n) is 4.39. The topological polar surface area (TPSA) is 9.23 Å². The normalized spacial score (nSPS) is 17.3. The lowest BCUT2D eigenvalue weighted by Crippen LogP contribution is -1.94. The molecule has 1 nitrogen and oxygen atoms in total. The molecule has 1 heterocycles. The molecule has 1 aliphatic heterocycles. The van der Waals surface area contributed by atoms with Gasteiger partial charge in [-0.05, 0) is 19.8 Å². The van der Waals surface area contributed by atoms with Gasteiger partial charge < -0.3 is 4.74 Å². The minimum Gasteiger partial charge on any atom is -0.381 e. The lowest BCUT2D eigenvalue weighted by molar-refractivity contribution is 0.131. The highest BCUT2D eigenvalue weighted by Crippen LogP contribution is 2.08. The maximum Gasteiger partial charge on any atom is 0.0466 e.